The van der Waals surface area contributed by atoms with Crippen LogP contribution in [0.25, 0.3) is 0 Å². The average molecular weight is 348 g/mol. The predicted molar refractivity (Wildman–Crippen MR) is 92.0 cm³/mol. The second kappa shape index (κ2) is 6.48. The molecule has 2 amide bonds. The number of hydrogen-bond acceptors (Lipinski definition) is 4. The molecule has 1 spiro atoms. The van der Waals surface area contributed by atoms with E-state index in [9.17, 15) is 9.59 Å². The lowest BCUT2D eigenvalue weighted by molar-refractivity contribution is -0.140. The fourth-order valence-electron chi connectivity index (χ4n) is 3.73. The molecule has 3 aliphatic rings. The molecule has 1 unspecified atom stereocenters. The molecule has 2 aliphatic heterocycles. The van der Waals surface area contributed by atoms with Crippen LogP contribution in [0.3, 0.4) is 0 Å². The first-order valence-corrected chi connectivity index (χ1v) is 9.86. The molecule has 0 radical (unpaired) electrons. The maximum atomic E-state index is 12.4. The van der Waals surface area contributed by atoms with Crippen LogP contribution in [-0.4, -0.2) is 48.1 Å². The number of nitrogens with zero attached hydrogens (tertiary/aromatic N) is 1. The Labute approximate surface area is 146 Å². The highest BCUT2D eigenvalue weighted by molar-refractivity contribution is 7.08. The van der Waals surface area contributed by atoms with Crippen LogP contribution in [0.2, 0.25) is 0 Å². The van der Waals surface area contributed by atoms with E-state index in [2.05, 4.69) is 5.32 Å². The number of carbonyl (C=O) groups is 2. The minimum Gasteiger partial charge on any atom is -0.362 e. The van der Waals surface area contributed by atoms with Crippen molar-refractivity contribution in [1.29, 1.82) is 0 Å². The van der Waals surface area contributed by atoms with E-state index in [1.165, 1.54) is 12.8 Å². The Morgan fingerprint density at radius 1 is 1.25 bits per heavy atom. The Morgan fingerprint density at radius 3 is 2.71 bits per heavy atom. The van der Waals surface area contributed by atoms with Gasteiger partial charge in [-0.25, -0.2) is 0 Å². The molecule has 4 rings (SSSR count). The summed E-state index contributed by atoms with van der Waals surface area (Å²) < 4.78 is 6.18. The third kappa shape index (κ3) is 3.35. The van der Waals surface area contributed by atoms with Crippen LogP contribution in [0.5, 0.6) is 0 Å². The van der Waals surface area contributed by atoms with Gasteiger partial charge in [0.15, 0.2) is 0 Å². The number of amides is 2. The van der Waals surface area contributed by atoms with Crippen molar-refractivity contribution in [3.63, 3.8) is 0 Å². The lowest BCUT2D eigenvalue weighted by Crippen LogP contribution is -2.47. The lowest BCUT2D eigenvalue weighted by atomic mass is 9.88. The van der Waals surface area contributed by atoms with Crippen molar-refractivity contribution in [2.24, 2.45) is 5.92 Å². The van der Waals surface area contributed by atoms with Crippen molar-refractivity contribution < 1.29 is 14.3 Å². The van der Waals surface area contributed by atoms with Crippen molar-refractivity contribution in [2.45, 2.75) is 50.2 Å². The molecule has 1 aromatic heterocycles. The van der Waals surface area contributed by atoms with Gasteiger partial charge in [-0.3, -0.25) is 9.59 Å². The average Bonchev–Trinajstić information content (AvgIpc) is 3.09. The third-order valence-corrected chi connectivity index (χ3v) is 6.22. The van der Waals surface area contributed by atoms with Gasteiger partial charge in [0.25, 0.3) is 5.91 Å². The summed E-state index contributed by atoms with van der Waals surface area (Å²) in [6.45, 7) is 2.23. The maximum absolute atomic E-state index is 12.4. The molecule has 5 nitrogen and oxygen atoms in total. The summed E-state index contributed by atoms with van der Waals surface area (Å²) in [5.74, 6) is 0.856. The summed E-state index contributed by atoms with van der Waals surface area (Å²) in [5, 5.41) is 6.86. The zero-order valence-corrected chi connectivity index (χ0v) is 14.6. The van der Waals surface area contributed by atoms with E-state index in [0.717, 1.165) is 37.8 Å². The van der Waals surface area contributed by atoms with Crippen LogP contribution in [0, 0.1) is 5.92 Å². The molecule has 1 atom stereocenters. The van der Waals surface area contributed by atoms with E-state index in [1.807, 2.05) is 21.7 Å². The van der Waals surface area contributed by atoms with Gasteiger partial charge in [-0.15, -0.1) is 0 Å². The molecule has 1 aliphatic carbocycles. The molecule has 0 bridgehead atoms. The predicted octanol–water partition coefficient (Wildman–Crippen LogP) is 2.43. The highest BCUT2D eigenvalue weighted by Gasteiger charge is 2.45. The summed E-state index contributed by atoms with van der Waals surface area (Å²) in [7, 11) is 0. The number of nitrogens with one attached hydrogen (secondary N) is 1. The van der Waals surface area contributed by atoms with Crippen molar-refractivity contribution >= 4 is 23.2 Å². The van der Waals surface area contributed by atoms with Crippen LogP contribution >= 0.6 is 11.3 Å². The van der Waals surface area contributed by atoms with Crippen molar-refractivity contribution in [3.05, 3.63) is 22.4 Å². The van der Waals surface area contributed by atoms with E-state index in [1.54, 1.807) is 11.3 Å². The topological polar surface area (TPSA) is 58.6 Å². The first-order chi connectivity index (χ1) is 11.7. The first-order valence-electron chi connectivity index (χ1n) is 8.92. The van der Waals surface area contributed by atoms with Gasteiger partial charge in [-0.2, -0.15) is 11.3 Å². The van der Waals surface area contributed by atoms with E-state index in [4.69, 9.17) is 4.74 Å². The number of ether oxygens (including phenoxy) is 1. The number of carbonyl (C=O) groups excluding carboxylic acids is 2. The molecule has 130 valence electrons. The number of piperidine rings is 1. The van der Waals surface area contributed by atoms with Gasteiger partial charge >= 0.3 is 0 Å². The molecule has 1 aromatic rings. The van der Waals surface area contributed by atoms with Gasteiger partial charge < -0.3 is 15.0 Å². The van der Waals surface area contributed by atoms with Crippen molar-refractivity contribution in [3.8, 4) is 0 Å². The van der Waals surface area contributed by atoms with Crippen LogP contribution in [-0.2, 0) is 9.53 Å². The third-order valence-electron chi connectivity index (χ3n) is 5.54. The van der Waals surface area contributed by atoms with Crippen molar-refractivity contribution in [1.82, 2.24) is 10.2 Å². The molecule has 3 heterocycles. The molecular weight excluding hydrogens is 324 g/mol. The number of likely N-dealkylation sites (tertiary alicyclic amines) is 1. The second-order valence-corrected chi connectivity index (χ2v) is 8.10. The molecule has 3 fully saturated rings. The smallest absolute Gasteiger partial charge is 0.254 e. The van der Waals surface area contributed by atoms with Crippen molar-refractivity contribution in [2.75, 3.05) is 19.6 Å². The Bertz CT molecular complexity index is 604. The molecule has 1 saturated carbocycles. The monoisotopic (exact) mass is 348 g/mol. The van der Waals surface area contributed by atoms with E-state index < -0.39 is 0 Å². The number of hydrogen-bond donors (Lipinski definition) is 1. The Hall–Kier alpha value is -1.40. The maximum Gasteiger partial charge on any atom is 0.254 e. The second-order valence-electron chi connectivity index (χ2n) is 7.32. The summed E-state index contributed by atoms with van der Waals surface area (Å²) in [4.78, 5) is 26.6. The number of thiophene rings is 1. The van der Waals surface area contributed by atoms with Crippen LogP contribution in [0.15, 0.2) is 16.8 Å². The standard InChI is InChI=1S/C18H24N2O3S/c21-16(19-11-13-1-2-13)15-3-5-18(23-15)6-8-20(9-7-18)17(22)14-4-10-24-12-14/h4,10,12-13,15H,1-3,5-9,11H2,(H,19,21). The van der Waals surface area contributed by atoms with Gasteiger partial charge in [-0.1, -0.05) is 0 Å². The summed E-state index contributed by atoms with van der Waals surface area (Å²) in [5.41, 5.74) is 0.577. The molecule has 2 saturated heterocycles. The number of rotatable bonds is 4. The first kappa shape index (κ1) is 16.1. The fourth-order valence-corrected chi connectivity index (χ4v) is 4.36. The zero-order valence-electron chi connectivity index (χ0n) is 13.8. The summed E-state index contributed by atoms with van der Waals surface area (Å²) in [6, 6.07) is 1.88. The van der Waals surface area contributed by atoms with E-state index >= 15 is 0 Å². The largest absolute Gasteiger partial charge is 0.362 e. The lowest BCUT2D eigenvalue weighted by Gasteiger charge is -2.39. The molecule has 1 N–H and O–H groups in total. The summed E-state index contributed by atoms with van der Waals surface area (Å²) >= 11 is 1.55. The highest BCUT2D eigenvalue weighted by Crippen LogP contribution is 2.39. The van der Waals surface area contributed by atoms with Gasteiger partial charge in [-0.05, 0) is 55.9 Å². The highest BCUT2D eigenvalue weighted by atomic mass is 32.1. The van der Waals surface area contributed by atoms with Gasteiger partial charge in [0.1, 0.15) is 6.10 Å². The molecule has 0 aromatic carbocycles. The SMILES string of the molecule is O=C(NCC1CC1)C1CCC2(CCN(C(=O)c3ccsc3)CC2)O1. The van der Waals surface area contributed by atoms with E-state index in [-0.39, 0.29) is 23.5 Å². The van der Waals surface area contributed by atoms with E-state index in [0.29, 0.717) is 19.0 Å². The minimum atomic E-state index is -0.303. The van der Waals surface area contributed by atoms with Crippen LogP contribution in [0.4, 0.5) is 0 Å². The molecule has 6 heteroatoms. The fraction of sp³-hybridized carbons (Fsp3) is 0.667. The normalized spacial score (nSPS) is 25.8. The summed E-state index contributed by atoms with van der Waals surface area (Å²) in [6.07, 6.45) is 5.56. The Kier molecular flexibility index (Phi) is 4.35. The quantitative estimate of drug-likeness (QED) is 0.909. The van der Waals surface area contributed by atoms with Crippen LogP contribution < -0.4 is 5.32 Å². The van der Waals surface area contributed by atoms with Gasteiger partial charge in [0.05, 0.1) is 11.2 Å². The van der Waals surface area contributed by atoms with Gasteiger partial charge in [0, 0.05) is 25.0 Å². The van der Waals surface area contributed by atoms with Gasteiger partial charge in [0.2, 0.25) is 5.91 Å². The zero-order chi connectivity index (χ0) is 16.6. The molecule has 24 heavy (non-hydrogen) atoms. The Morgan fingerprint density at radius 2 is 2.04 bits per heavy atom. The van der Waals surface area contributed by atoms with Crippen LogP contribution in [0.1, 0.15) is 48.9 Å². The Balaban J connectivity index is 1.29. The molecular formula is C18H24N2O3S. The minimum absolute atomic E-state index is 0.0514.